The lowest BCUT2D eigenvalue weighted by atomic mass is 10.0. The Balaban J connectivity index is 2.16. The van der Waals surface area contributed by atoms with Gasteiger partial charge in [-0.2, -0.15) is 10.5 Å². The summed E-state index contributed by atoms with van der Waals surface area (Å²) in [6.45, 7) is 0. The fourth-order valence-electron chi connectivity index (χ4n) is 1.92. The van der Waals surface area contributed by atoms with E-state index in [1.165, 1.54) is 11.9 Å². The quantitative estimate of drug-likeness (QED) is 0.776. The van der Waals surface area contributed by atoms with E-state index in [1.54, 1.807) is 30.3 Å². The highest BCUT2D eigenvalue weighted by molar-refractivity contribution is 6.11. The first-order valence-corrected chi connectivity index (χ1v) is 6.29. The molecule has 1 fully saturated rings. The molecule has 5 heteroatoms. The van der Waals surface area contributed by atoms with E-state index in [1.807, 2.05) is 6.07 Å². The summed E-state index contributed by atoms with van der Waals surface area (Å²) >= 11 is 0. The summed E-state index contributed by atoms with van der Waals surface area (Å²) in [7, 11) is 1.52. The van der Waals surface area contributed by atoms with E-state index in [-0.39, 0.29) is 11.7 Å². The molecule has 0 bridgehead atoms. The van der Waals surface area contributed by atoms with Crippen LogP contribution in [0.2, 0.25) is 0 Å². The van der Waals surface area contributed by atoms with Crippen molar-refractivity contribution in [3.63, 3.8) is 0 Å². The molecule has 0 heterocycles. The van der Waals surface area contributed by atoms with Gasteiger partial charge in [-0.1, -0.05) is 0 Å². The van der Waals surface area contributed by atoms with Crippen LogP contribution in [0.5, 0.6) is 0 Å². The van der Waals surface area contributed by atoms with E-state index >= 15 is 0 Å². The fraction of sp³-hybridized carbons (Fsp3) is 0.333. The van der Waals surface area contributed by atoms with Crippen molar-refractivity contribution in [2.75, 3.05) is 11.9 Å². The fourth-order valence-corrected chi connectivity index (χ4v) is 1.92. The van der Waals surface area contributed by atoms with Crippen molar-refractivity contribution in [2.24, 2.45) is 11.8 Å². The number of hydrogen-bond donors (Lipinski definition) is 0. The molecular formula is C15H13N3O2. The van der Waals surface area contributed by atoms with Crippen LogP contribution in [0.3, 0.4) is 0 Å². The number of hydrogen-bond acceptors (Lipinski definition) is 4. The topological polar surface area (TPSA) is 85.0 Å². The number of carbonyl (C=O) groups excluding carboxylic acids is 2. The molecule has 2 rings (SSSR count). The minimum atomic E-state index is -1.23. The summed E-state index contributed by atoms with van der Waals surface area (Å²) in [6, 6.07) is 10.2. The zero-order valence-corrected chi connectivity index (χ0v) is 11.0. The van der Waals surface area contributed by atoms with E-state index in [4.69, 9.17) is 10.5 Å². The Labute approximate surface area is 117 Å². The smallest absolute Gasteiger partial charge is 0.251 e. The first kappa shape index (κ1) is 13.8. The molecule has 0 aromatic heterocycles. The third kappa shape index (κ3) is 2.67. The summed E-state index contributed by atoms with van der Waals surface area (Å²) in [5.74, 6) is -2.16. The van der Waals surface area contributed by atoms with Crippen molar-refractivity contribution in [1.82, 2.24) is 0 Å². The van der Waals surface area contributed by atoms with Crippen LogP contribution in [-0.2, 0) is 9.59 Å². The van der Waals surface area contributed by atoms with Gasteiger partial charge in [-0.3, -0.25) is 9.59 Å². The number of benzene rings is 1. The summed E-state index contributed by atoms with van der Waals surface area (Å²) in [5, 5.41) is 17.8. The van der Waals surface area contributed by atoms with E-state index < -0.39 is 11.8 Å². The Morgan fingerprint density at radius 1 is 1.25 bits per heavy atom. The number of anilines is 1. The summed E-state index contributed by atoms with van der Waals surface area (Å²) < 4.78 is 0. The number of ketones is 1. The van der Waals surface area contributed by atoms with Crippen molar-refractivity contribution in [1.29, 1.82) is 10.5 Å². The maximum atomic E-state index is 12.2. The maximum Gasteiger partial charge on any atom is 0.251 e. The first-order valence-electron chi connectivity index (χ1n) is 6.29. The van der Waals surface area contributed by atoms with Crippen molar-refractivity contribution in [3.8, 4) is 12.1 Å². The number of Topliss-reactive ketones (excluding diaryl/α,β-unsaturated/α-hetero) is 1. The van der Waals surface area contributed by atoms with Crippen molar-refractivity contribution in [2.45, 2.75) is 12.8 Å². The van der Waals surface area contributed by atoms with Crippen LogP contribution in [0, 0.1) is 34.5 Å². The molecule has 1 aromatic carbocycles. The van der Waals surface area contributed by atoms with Crippen LogP contribution >= 0.6 is 0 Å². The second-order valence-corrected chi connectivity index (χ2v) is 4.79. The van der Waals surface area contributed by atoms with Crippen molar-refractivity contribution in [3.05, 3.63) is 29.8 Å². The molecule has 5 nitrogen and oxygen atoms in total. The monoisotopic (exact) mass is 267 g/mol. The lowest BCUT2D eigenvalue weighted by Crippen LogP contribution is -2.37. The van der Waals surface area contributed by atoms with E-state index in [2.05, 4.69) is 0 Å². The third-order valence-corrected chi connectivity index (χ3v) is 3.35. The molecule has 0 aliphatic heterocycles. The highest BCUT2D eigenvalue weighted by Crippen LogP contribution is 2.33. The van der Waals surface area contributed by atoms with Crippen LogP contribution in [0.25, 0.3) is 0 Å². The Morgan fingerprint density at radius 2 is 1.85 bits per heavy atom. The van der Waals surface area contributed by atoms with E-state index in [0.29, 0.717) is 11.3 Å². The molecule has 20 heavy (non-hydrogen) atoms. The van der Waals surface area contributed by atoms with Gasteiger partial charge in [0.25, 0.3) is 5.91 Å². The molecular weight excluding hydrogens is 254 g/mol. The summed E-state index contributed by atoms with van der Waals surface area (Å²) in [4.78, 5) is 25.4. The van der Waals surface area contributed by atoms with Gasteiger partial charge in [0.15, 0.2) is 11.7 Å². The van der Waals surface area contributed by atoms with Gasteiger partial charge in [-0.15, -0.1) is 0 Å². The van der Waals surface area contributed by atoms with E-state index in [0.717, 1.165) is 12.8 Å². The first-order chi connectivity index (χ1) is 9.58. The zero-order valence-electron chi connectivity index (χ0n) is 11.0. The van der Waals surface area contributed by atoms with Crippen LogP contribution in [-0.4, -0.2) is 18.7 Å². The van der Waals surface area contributed by atoms with Gasteiger partial charge in [0.2, 0.25) is 0 Å². The molecule has 1 aliphatic rings. The third-order valence-electron chi connectivity index (χ3n) is 3.35. The van der Waals surface area contributed by atoms with Gasteiger partial charge >= 0.3 is 0 Å². The summed E-state index contributed by atoms with van der Waals surface area (Å²) in [5.41, 5.74) is 1.04. The Bertz CT molecular complexity index is 618. The molecule has 0 N–H and O–H groups in total. The molecule has 0 radical (unpaired) electrons. The Hall–Kier alpha value is -2.66. The van der Waals surface area contributed by atoms with Gasteiger partial charge in [-0.05, 0) is 37.1 Å². The largest absolute Gasteiger partial charge is 0.314 e. The lowest BCUT2D eigenvalue weighted by Gasteiger charge is -2.19. The number of rotatable bonds is 4. The zero-order chi connectivity index (χ0) is 14.7. The predicted octanol–water partition coefficient (Wildman–Crippen LogP) is 1.64. The van der Waals surface area contributed by atoms with Gasteiger partial charge < -0.3 is 4.90 Å². The summed E-state index contributed by atoms with van der Waals surface area (Å²) in [6.07, 6.45) is 1.54. The standard InChI is InChI=1S/C15H13N3O2/c1-18(12-6-2-10(8-16)3-7-12)15(20)13(9-17)14(19)11-4-5-11/h2-3,6-7,11,13H,4-5H2,1H3. The Morgan fingerprint density at radius 3 is 2.30 bits per heavy atom. The van der Waals surface area contributed by atoms with Crippen LogP contribution < -0.4 is 4.90 Å². The number of nitrogens with zero attached hydrogens (tertiary/aromatic N) is 3. The van der Waals surface area contributed by atoms with E-state index in [9.17, 15) is 9.59 Å². The average molecular weight is 267 g/mol. The van der Waals surface area contributed by atoms with Gasteiger partial charge in [-0.25, -0.2) is 0 Å². The van der Waals surface area contributed by atoms with Gasteiger partial charge in [0.1, 0.15) is 0 Å². The molecule has 1 saturated carbocycles. The molecule has 1 aromatic rings. The second kappa shape index (κ2) is 5.54. The molecule has 1 atom stereocenters. The molecule has 1 amide bonds. The second-order valence-electron chi connectivity index (χ2n) is 4.79. The van der Waals surface area contributed by atoms with Crippen LogP contribution in [0.15, 0.2) is 24.3 Å². The number of carbonyl (C=O) groups is 2. The molecule has 1 aliphatic carbocycles. The molecule has 0 saturated heterocycles. The Kier molecular flexibility index (Phi) is 3.81. The lowest BCUT2D eigenvalue weighted by molar-refractivity contribution is -0.130. The van der Waals surface area contributed by atoms with Gasteiger partial charge in [0, 0.05) is 18.7 Å². The SMILES string of the molecule is CN(C(=O)C(C#N)C(=O)C1CC1)c1ccc(C#N)cc1. The highest BCUT2D eigenvalue weighted by atomic mass is 16.2. The number of nitriles is 2. The van der Waals surface area contributed by atoms with Crippen LogP contribution in [0.4, 0.5) is 5.69 Å². The predicted molar refractivity (Wildman–Crippen MR) is 71.4 cm³/mol. The molecule has 1 unspecified atom stereocenters. The average Bonchev–Trinajstić information content (AvgIpc) is 3.31. The maximum absolute atomic E-state index is 12.2. The molecule has 100 valence electrons. The molecule has 0 spiro atoms. The highest BCUT2D eigenvalue weighted by Gasteiger charge is 2.39. The van der Waals surface area contributed by atoms with Crippen molar-refractivity contribution >= 4 is 17.4 Å². The van der Waals surface area contributed by atoms with Crippen LogP contribution in [0.1, 0.15) is 18.4 Å². The minimum Gasteiger partial charge on any atom is -0.314 e. The minimum absolute atomic E-state index is 0.127. The number of amides is 1. The normalized spacial score (nSPS) is 14.8. The van der Waals surface area contributed by atoms with Gasteiger partial charge in [0.05, 0.1) is 17.7 Å². The van der Waals surface area contributed by atoms with Crippen molar-refractivity contribution < 1.29 is 9.59 Å².